The van der Waals surface area contributed by atoms with Crippen LogP contribution in [0.25, 0.3) is 0 Å². The van der Waals surface area contributed by atoms with Gasteiger partial charge in [0.05, 0.1) is 0 Å². The third kappa shape index (κ3) is 5.86. The van der Waals surface area contributed by atoms with E-state index in [9.17, 15) is 0 Å². The molecule has 0 fully saturated rings. The van der Waals surface area contributed by atoms with Gasteiger partial charge in [-0.05, 0) is 39.3 Å². The molecule has 62 valence electrons. The van der Waals surface area contributed by atoms with Gasteiger partial charge in [-0.2, -0.15) is 0 Å². The fourth-order valence-corrected chi connectivity index (χ4v) is 0.665. The Balaban J connectivity index is 3.31. The molecule has 0 spiro atoms. The summed E-state index contributed by atoms with van der Waals surface area (Å²) < 4.78 is 0. The van der Waals surface area contributed by atoms with Gasteiger partial charge in [0.25, 0.3) is 0 Å². The normalized spacial score (nSPS) is 9.45. The number of hydrogen-bond acceptors (Lipinski definition) is 3. The molecule has 0 aliphatic carbocycles. The van der Waals surface area contributed by atoms with E-state index in [1.54, 1.807) is 6.82 Å². The van der Waals surface area contributed by atoms with Crippen molar-refractivity contribution in [1.82, 2.24) is 4.81 Å². The van der Waals surface area contributed by atoms with Crippen molar-refractivity contribution < 1.29 is 5.02 Å². The molecular formula is C7H15BN2O. The van der Waals surface area contributed by atoms with Crippen molar-refractivity contribution >= 4 is 12.9 Å². The van der Waals surface area contributed by atoms with Gasteiger partial charge in [0, 0.05) is 6.54 Å². The van der Waals surface area contributed by atoms with Crippen LogP contribution in [0.3, 0.4) is 0 Å². The smallest absolute Gasteiger partial charge is 0.376 e. The van der Waals surface area contributed by atoms with Crippen molar-refractivity contribution in [2.75, 3.05) is 20.1 Å². The van der Waals surface area contributed by atoms with E-state index in [0.717, 1.165) is 19.5 Å². The van der Waals surface area contributed by atoms with Crippen LogP contribution in [-0.4, -0.2) is 42.9 Å². The van der Waals surface area contributed by atoms with Crippen LogP contribution in [0.5, 0.6) is 0 Å². The molecule has 1 N–H and O–H groups in total. The average Bonchev–Trinajstić information content (AvgIpc) is 1.97. The minimum atomic E-state index is -0.372. The van der Waals surface area contributed by atoms with E-state index in [4.69, 9.17) is 5.02 Å². The third-order valence-electron chi connectivity index (χ3n) is 1.53. The Morgan fingerprint density at radius 3 is 2.82 bits per heavy atom. The highest BCUT2D eigenvalue weighted by molar-refractivity contribution is 6.45. The molecule has 0 amide bonds. The molecule has 0 saturated heterocycles. The molecule has 0 bridgehead atoms. The lowest BCUT2D eigenvalue weighted by Crippen LogP contribution is -2.34. The Morgan fingerprint density at radius 1 is 1.73 bits per heavy atom. The number of nitrogens with zero attached hydrogens (tertiary/aromatic N) is 2. The fourth-order valence-electron chi connectivity index (χ4n) is 0.665. The molecule has 0 radical (unpaired) electrons. The van der Waals surface area contributed by atoms with Crippen LogP contribution < -0.4 is 0 Å². The molecule has 0 heterocycles. The molecule has 4 heteroatoms. The van der Waals surface area contributed by atoms with Crippen LogP contribution in [0.15, 0.2) is 11.6 Å². The molecule has 0 aromatic rings. The molecule has 0 atom stereocenters. The second kappa shape index (κ2) is 6.16. The quantitative estimate of drug-likeness (QED) is 0.350. The van der Waals surface area contributed by atoms with Crippen molar-refractivity contribution in [2.45, 2.75) is 13.2 Å². The van der Waals surface area contributed by atoms with Crippen molar-refractivity contribution in [3.63, 3.8) is 0 Å². The summed E-state index contributed by atoms with van der Waals surface area (Å²) in [7, 11) is 1.50. The summed E-state index contributed by atoms with van der Waals surface area (Å²) in [6, 6.07) is 0. The third-order valence-corrected chi connectivity index (χ3v) is 1.53. The zero-order valence-corrected chi connectivity index (χ0v) is 7.25. The van der Waals surface area contributed by atoms with Gasteiger partial charge < -0.3 is 9.83 Å². The Kier molecular flexibility index (Phi) is 5.85. The lowest BCUT2D eigenvalue weighted by atomic mass is 9.86. The molecular weight excluding hydrogens is 139 g/mol. The summed E-state index contributed by atoms with van der Waals surface area (Å²) in [5.74, 6) is 2.46. The molecule has 0 aromatic heterocycles. The first-order valence-corrected chi connectivity index (χ1v) is 3.75. The van der Waals surface area contributed by atoms with Crippen LogP contribution in [-0.2, 0) is 0 Å². The minimum absolute atomic E-state index is 0.372. The average molecular weight is 154 g/mol. The molecule has 0 aromatic carbocycles. The summed E-state index contributed by atoms with van der Waals surface area (Å²) in [6.45, 7) is 6.69. The molecule has 0 saturated carbocycles. The van der Waals surface area contributed by atoms with Crippen molar-refractivity contribution in [2.24, 2.45) is 4.99 Å². The second-order valence-corrected chi connectivity index (χ2v) is 2.51. The van der Waals surface area contributed by atoms with E-state index < -0.39 is 0 Å². The zero-order valence-electron chi connectivity index (χ0n) is 7.25. The summed E-state index contributed by atoms with van der Waals surface area (Å²) in [6.07, 6.45) is 0.934. The van der Waals surface area contributed by atoms with E-state index >= 15 is 0 Å². The monoisotopic (exact) mass is 154 g/mol. The number of hydrogen-bond donors (Lipinski definition) is 1. The largest absolute Gasteiger partial charge is 0.437 e. The first kappa shape index (κ1) is 10.4. The molecule has 3 nitrogen and oxygen atoms in total. The van der Waals surface area contributed by atoms with Crippen LogP contribution in [0.4, 0.5) is 0 Å². The lowest BCUT2D eigenvalue weighted by molar-refractivity contribution is 0.415. The van der Waals surface area contributed by atoms with Crippen LogP contribution in [0.1, 0.15) is 6.42 Å². The standard InChI is InChI=1S/C7H15BN2O/c1-4-9-6-5-7-10(3)8(2)11/h11H,1,5-7H2,2-3H3. The van der Waals surface area contributed by atoms with Crippen LogP contribution >= 0.6 is 0 Å². The first-order chi connectivity index (χ1) is 5.18. The highest BCUT2D eigenvalue weighted by Gasteiger charge is 2.08. The fraction of sp³-hybridized carbons (Fsp3) is 0.714. The minimum Gasteiger partial charge on any atom is -0.437 e. The maximum absolute atomic E-state index is 9.04. The maximum Gasteiger partial charge on any atom is 0.376 e. The summed E-state index contributed by atoms with van der Waals surface area (Å²) >= 11 is 0. The molecule has 0 rings (SSSR count). The van der Waals surface area contributed by atoms with E-state index in [-0.39, 0.29) is 7.05 Å². The first-order valence-electron chi connectivity index (χ1n) is 3.75. The van der Waals surface area contributed by atoms with Crippen molar-refractivity contribution in [3.05, 3.63) is 6.58 Å². The summed E-state index contributed by atoms with van der Waals surface area (Å²) in [4.78, 5) is 5.69. The Bertz CT molecular complexity index is 143. The summed E-state index contributed by atoms with van der Waals surface area (Å²) in [5, 5.41) is 9.04. The topological polar surface area (TPSA) is 35.8 Å². The van der Waals surface area contributed by atoms with Gasteiger partial charge in [0.2, 0.25) is 0 Å². The Hall–Kier alpha value is -0.565. The van der Waals surface area contributed by atoms with E-state index in [1.165, 1.54) is 0 Å². The van der Waals surface area contributed by atoms with Gasteiger partial charge in [-0.3, -0.25) is 0 Å². The predicted octanol–water partition coefficient (Wildman–Crippen LogP) is 0.274. The molecule has 0 aliphatic heterocycles. The Labute approximate surface area is 68.6 Å². The maximum atomic E-state index is 9.04. The molecule has 0 unspecified atom stereocenters. The molecule has 11 heavy (non-hydrogen) atoms. The van der Waals surface area contributed by atoms with E-state index in [0.29, 0.717) is 0 Å². The molecule has 0 aliphatic rings. The van der Waals surface area contributed by atoms with Crippen LogP contribution in [0, 0.1) is 0 Å². The van der Waals surface area contributed by atoms with Gasteiger partial charge in [-0.1, -0.05) is 0 Å². The second-order valence-electron chi connectivity index (χ2n) is 2.51. The highest BCUT2D eigenvalue weighted by atomic mass is 16.2. The van der Waals surface area contributed by atoms with Gasteiger partial charge in [-0.15, -0.1) is 0 Å². The van der Waals surface area contributed by atoms with Gasteiger partial charge in [0.15, 0.2) is 0 Å². The van der Waals surface area contributed by atoms with Crippen molar-refractivity contribution in [1.29, 1.82) is 0 Å². The van der Waals surface area contributed by atoms with Gasteiger partial charge >= 0.3 is 7.05 Å². The van der Waals surface area contributed by atoms with Gasteiger partial charge in [0.1, 0.15) is 0 Å². The highest BCUT2D eigenvalue weighted by Crippen LogP contribution is 1.89. The Morgan fingerprint density at radius 2 is 2.36 bits per heavy atom. The van der Waals surface area contributed by atoms with Crippen LogP contribution in [0.2, 0.25) is 6.82 Å². The SMILES string of the molecule is C=C=NCCCN(C)B(C)O. The number of aliphatic imine (C=N–C) groups is 1. The van der Waals surface area contributed by atoms with Gasteiger partial charge in [-0.25, -0.2) is 4.99 Å². The lowest BCUT2D eigenvalue weighted by Gasteiger charge is -2.15. The zero-order chi connectivity index (χ0) is 8.69. The number of rotatable bonds is 5. The predicted molar refractivity (Wildman–Crippen MR) is 49.0 cm³/mol. The van der Waals surface area contributed by atoms with Crippen molar-refractivity contribution in [3.8, 4) is 0 Å². The van der Waals surface area contributed by atoms with E-state index in [1.807, 2.05) is 11.9 Å². The van der Waals surface area contributed by atoms with E-state index in [2.05, 4.69) is 17.4 Å². The summed E-state index contributed by atoms with van der Waals surface area (Å²) in [5.41, 5.74) is 0.